The second kappa shape index (κ2) is 11.9. The molecule has 1 heterocycles. The molecule has 0 saturated heterocycles. The summed E-state index contributed by atoms with van der Waals surface area (Å²) in [6.07, 6.45) is 2.45. The molecule has 0 unspecified atom stereocenters. The van der Waals surface area contributed by atoms with Gasteiger partial charge in [-0.1, -0.05) is 178 Å². The molecule has 0 N–H and O–H groups in total. The Bertz CT molecular complexity index is 2960. The van der Waals surface area contributed by atoms with Crippen LogP contribution in [0.4, 0.5) is 0 Å². The lowest BCUT2D eigenvalue weighted by molar-refractivity contribution is 0.660. The summed E-state index contributed by atoms with van der Waals surface area (Å²) in [5.74, 6) is 0. The number of furan rings is 1. The third-order valence-electron chi connectivity index (χ3n) is 12.4. The van der Waals surface area contributed by atoms with Crippen LogP contribution in [0.15, 0.2) is 192 Å². The maximum Gasteiger partial charge on any atom is 0.135 e. The molecule has 0 atom stereocenters. The molecule has 260 valence electrons. The van der Waals surface area contributed by atoms with Crippen molar-refractivity contribution in [2.24, 2.45) is 0 Å². The van der Waals surface area contributed by atoms with Crippen molar-refractivity contribution in [3.05, 3.63) is 238 Å². The SMILES string of the molecule is CC1(C)c2ccccc2-c2ccc(/C(=C/c3cccc4c3-c3ccccc3C4(c3ccccc3)c3ccccc3)c3ccc4oc5ccccc5c4c3)cc21. The predicted molar refractivity (Wildman–Crippen MR) is 228 cm³/mol. The summed E-state index contributed by atoms with van der Waals surface area (Å²) in [6.45, 7) is 4.73. The molecule has 0 fully saturated rings. The summed E-state index contributed by atoms with van der Waals surface area (Å²) in [4.78, 5) is 0. The van der Waals surface area contributed by atoms with Crippen LogP contribution < -0.4 is 0 Å². The summed E-state index contributed by atoms with van der Waals surface area (Å²) in [7, 11) is 0. The van der Waals surface area contributed by atoms with Crippen LogP contribution in [0.5, 0.6) is 0 Å². The summed E-state index contributed by atoms with van der Waals surface area (Å²) in [6, 6.07) is 69.1. The minimum Gasteiger partial charge on any atom is -0.456 e. The van der Waals surface area contributed by atoms with E-state index in [4.69, 9.17) is 4.42 Å². The molecule has 8 aromatic carbocycles. The van der Waals surface area contributed by atoms with Crippen molar-refractivity contribution in [2.75, 3.05) is 0 Å². The van der Waals surface area contributed by atoms with Crippen LogP contribution in [0.1, 0.15) is 63.9 Å². The van der Waals surface area contributed by atoms with Gasteiger partial charge in [-0.2, -0.15) is 0 Å². The average Bonchev–Trinajstić information content (AvgIpc) is 3.84. The van der Waals surface area contributed by atoms with E-state index >= 15 is 0 Å². The summed E-state index contributed by atoms with van der Waals surface area (Å²) >= 11 is 0. The lowest BCUT2D eigenvalue weighted by atomic mass is 9.67. The van der Waals surface area contributed by atoms with Crippen LogP contribution in [-0.4, -0.2) is 0 Å². The number of hydrogen-bond donors (Lipinski definition) is 0. The van der Waals surface area contributed by atoms with E-state index in [1.807, 2.05) is 6.07 Å². The van der Waals surface area contributed by atoms with Gasteiger partial charge in [-0.3, -0.25) is 0 Å². The zero-order chi connectivity index (χ0) is 36.7. The number of benzene rings is 8. The molecular weight excluding hydrogens is 665 g/mol. The van der Waals surface area contributed by atoms with Crippen molar-refractivity contribution in [1.29, 1.82) is 0 Å². The second-order valence-electron chi connectivity index (χ2n) is 15.6. The van der Waals surface area contributed by atoms with Gasteiger partial charge in [0.25, 0.3) is 0 Å². The molecule has 1 aromatic heterocycles. The summed E-state index contributed by atoms with van der Waals surface area (Å²) in [5.41, 5.74) is 19.1. The van der Waals surface area contributed by atoms with E-state index in [1.54, 1.807) is 0 Å². The highest BCUT2D eigenvalue weighted by Gasteiger charge is 2.46. The highest BCUT2D eigenvalue weighted by Crippen LogP contribution is 2.57. The second-order valence-corrected chi connectivity index (χ2v) is 15.6. The zero-order valence-electron chi connectivity index (χ0n) is 30.9. The maximum absolute atomic E-state index is 6.32. The Labute approximate surface area is 321 Å². The number of fused-ring (bicyclic) bond motifs is 9. The van der Waals surface area contributed by atoms with E-state index < -0.39 is 5.41 Å². The molecule has 0 radical (unpaired) electrons. The minimum atomic E-state index is -0.462. The maximum atomic E-state index is 6.32. The first-order valence-electron chi connectivity index (χ1n) is 19.3. The highest BCUT2D eigenvalue weighted by molar-refractivity contribution is 6.07. The van der Waals surface area contributed by atoms with E-state index in [1.165, 1.54) is 72.3 Å². The Kier molecular flexibility index (Phi) is 6.88. The first-order chi connectivity index (χ1) is 27.0. The fourth-order valence-corrected chi connectivity index (χ4v) is 9.90. The normalized spacial score (nSPS) is 14.8. The average molecular weight is 703 g/mol. The van der Waals surface area contributed by atoms with Crippen LogP contribution in [0.3, 0.4) is 0 Å². The van der Waals surface area contributed by atoms with E-state index in [9.17, 15) is 0 Å². The fraction of sp³-hybridized carbons (Fsp3) is 0.0741. The highest BCUT2D eigenvalue weighted by atomic mass is 16.3. The molecule has 0 amide bonds. The lowest BCUT2D eigenvalue weighted by Gasteiger charge is -2.33. The molecule has 0 bridgehead atoms. The third-order valence-corrected chi connectivity index (χ3v) is 12.4. The Morgan fingerprint density at radius 3 is 1.80 bits per heavy atom. The Hall–Kier alpha value is -6.70. The molecule has 11 rings (SSSR count). The van der Waals surface area contributed by atoms with E-state index in [0.717, 1.165) is 27.5 Å². The van der Waals surface area contributed by atoms with Gasteiger partial charge in [0.15, 0.2) is 0 Å². The fourth-order valence-electron chi connectivity index (χ4n) is 9.90. The van der Waals surface area contributed by atoms with Crippen LogP contribution in [0.25, 0.3) is 55.8 Å². The van der Waals surface area contributed by atoms with Crippen LogP contribution in [0, 0.1) is 0 Å². The van der Waals surface area contributed by atoms with Crippen LogP contribution in [-0.2, 0) is 10.8 Å². The predicted octanol–water partition coefficient (Wildman–Crippen LogP) is 13.8. The topological polar surface area (TPSA) is 13.1 Å². The van der Waals surface area contributed by atoms with Gasteiger partial charge in [0, 0.05) is 16.2 Å². The molecule has 0 spiro atoms. The van der Waals surface area contributed by atoms with E-state index in [2.05, 4.69) is 202 Å². The monoisotopic (exact) mass is 702 g/mol. The summed E-state index contributed by atoms with van der Waals surface area (Å²) < 4.78 is 6.32. The standard InChI is InChI=1S/C54H38O/c1-53(2)46-24-12-9-21-40(46)41-30-28-36(34-49(41)53)44(35-29-31-51-45(32-35)42-22-11-14-27-50(42)55-51)33-37-16-15-26-48-52(37)43-23-10-13-25-47(43)54(48,38-17-5-3-6-18-38)39-19-7-4-8-20-39/h3-34H,1-2H3/b44-33+. The van der Waals surface area contributed by atoms with Gasteiger partial charge in [-0.15, -0.1) is 0 Å². The molecule has 1 heteroatoms. The molecule has 0 aliphatic heterocycles. The van der Waals surface area contributed by atoms with Crippen LogP contribution >= 0.6 is 0 Å². The summed E-state index contributed by atoms with van der Waals surface area (Å²) in [5, 5.41) is 2.26. The van der Waals surface area contributed by atoms with Crippen molar-refractivity contribution in [3.63, 3.8) is 0 Å². The van der Waals surface area contributed by atoms with Gasteiger partial charge in [0.05, 0.1) is 5.41 Å². The Balaban J connectivity index is 1.20. The minimum absolute atomic E-state index is 0.115. The van der Waals surface area contributed by atoms with Crippen molar-refractivity contribution >= 4 is 33.6 Å². The van der Waals surface area contributed by atoms with Crippen molar-refractivity contribution in [2.45, 2.75) is 24.7 Å². The first-order valence-corrected chi connectivity index (χ1v) is 19.3. The van der Waals surface area contributed by atoms with Gasteiger partial charge < -0.3 is 4.42 Å². The largest absolute Gasteiger partial charge is 0.456 e. The smallest absolute Gasteiger partial charge is 0.135 e. The van der Waals surface area contributed by atoms with Crippen LogP contribution in [0.2, 0.25) is 0 Å². The van der Waals surface area contributed by atoms with Gasteiger partial charge in [-0.05, 0) is 108 Å². The number of rotatable bonds is 5. The van der Waals surface area contributed by atoms with Gasteiger partial charge in [0.2, 0.25) is 0 Å². The third kappa shape index (κ3) is 4.53. The zero-order valence-corrected chi connectivity index (χ0v) is 30.9. The Morgan fingerprint density at radius 1 is 0.436 bits per heavy atom. The van der Waals surface area contributed by atoms with Crippen molar-refractivity contribution in [1.82, 2.24) is 0 Å². The Morgan fingerprint density at radius 2 is 1.02 bits per heavy atom. The van der Waals surface area contributed by atoms with E-state index in [0.29, 0.717) is 0 Å². The molecule has 0 saturated carbocycles. The molecule has 2 aliphatic rings. The molecular formula is C54H38O. The molecule has 1 nitrogen and oxygen atoms in total. The van der Waals surface area contributed by atoms with Gasteiger partial charge >= 0.3 is 0 Å². The van der Waals surface area contributed by atoms with Crippen molar-refractivity contribution in [3.8, 4) is 22.3 Å². The first kappa shape index (κ1) is 31.8. The number of para-hydroxylation sites is 1. The van der Waals surface area contributed by atoms with Gasteiger partial charge in [0.1, 0.15) is 11.2 Å². The lowest BCUT2D eigenvalue weighted by Crippen LogP contribution is -2.28. The molecule has 55 heavy (non-hydrogen) atoms. The van der Waals surface area contributed by atoms with Crippen molar-refractivity contribution < 1.29 is 4.42 Å². The molecule has 2 aliphatic carbocycles. The quantitative estimate of drug-likeness (QED) is 0.163. The molecule has 9 aromatic rings. The van der Waals surface area contributed by atoms with E-state index in [-0.39, 0.29) is 5.41 Å². The number of hydrogen-bond acceptors (Lipinski definition) is 1. The van der Waals surface area contributed by atoms with Gasteiger partial charge in [-0.25, -0.2) is 0 Å².